The molecule has 42 heteroatoms. The fraction of sp³-hybridized carbons (Fsp3) is 0.971. The molecule has 7 fully saturated rings. The minimum Gasteiger partial charge on any atom is -0.463 e. The highest BCUT2D eigenvalue weighted by Gasteiger charge is 2.52. The number of carbonyl (C=O) groups is 3. The van der Waals surface area contributed by atoms with Gasteiger partial charge < -0.3 is 194 Å². The lowest BCUT2D eigenvalue weighted by Crippen LogP contribution is -2.60. The summed E-state index contributed by atoms with van der Waals surface area (Å²) in [6.07, 6.45) is -19.2. The van der Waals surface area contributed by atoms with Gasteiger partial charge in [-0.2, -0.15) is 0 Å². The van der Waals surface area contributed by atoms with Crippen molar-refractivity contribution >= 4 is 17.9 Å². The molecule has 10 unspecified atom stereocenters. The lowest BCUT2D eigenvalue weighted by molar-refractivity contribution is -0.315. The molecule has 39 atom stereocenters. The highest BCUT2D eigenvalue weighted by atomic mass is 16.8. The van der Waals surface area contributed by atoms with E-state index >= 15 is 0 Å². The molecular weight excluding hydrogens is 1920 g/mol. The van der Waals surface area contributed by atoms with E-state index in [4.69, 9.17) is 71.1 Å². The fourth-order valence-corrected chi connectivity index (χ4v) is 20.2. The second kappa shape index (κ2) is 72.7. The third-order valence-electron chi connectivity index (χ3n) is 29.5. The summed E-state index contributed by atoms with van der Waals surface area (Å²) in [5, 5.41) is 257. The van der Waals surface area contributed by atoms with E-state index in [1.165, 1.54) is 0 Å². The Kier molecular flexibility index (Phi) is 64.7. The number of aliphatic hydroxyl groups excluding tert-OH is 24. The molecular formula is C104H190O42. The Labute approximate surface area is 862 Å². The zero-order valence-corrected chi connectivity index (χ0v) is 86.8. The summed E-state index contributed by atoms with van der Waals surface area (Å²) >= 11 is 0. The van der Waals surface area contributed by atoms with Crippen molar-refractivity contribution in [1.82, 2.24) is 0 Å². The molecule has 4 bridgehead atoms. The first-order chi connectivity index (χ1) is 70.0. The van der Waals surface area contributed by atoms with Gasteiger partial charge in [-0.15, -0.1) is 0 Å². The number of ether oxygens (including phenoxy) is 15. The van der Waals surface area contributed by atoms with Crippen molar-refractivity contribution in [3.8, 4) is 0 Å². The maximum atomic E-state index is 14.2. The lowest BCUT2D eigenvalue weighted by Gasteiger charge is -2.41. The summed E-state index contributed by atoms with van der Waals surface area (Å²) in [7, 11) is 0. The monoisotopic (exact) mass is 2110 g/mol. The molecule has 0 aliphatic carbocycles. The van der Waals surface area contributed by atoms with Gasteiger partial charge in [0, 0.05) is 0 Å². The van der Waals surface area contributed by atoms with Gasteiger partial charge in [0.2, 0.25) is 0 Å². The summed E-state index contributed by atoms with van der Waals surface area (Å²) in [5.74, 6) is -2.60. The van der Waals surface area contributed by atoms with Gasteiger partial charge in [0.15, 0.2) is 37.7 Å². The predicted octanol–water partition coefficient (Wildman–Crippen LogP) is 3.58. The maximum absolute atomic E-state index is 14.2. The lowest BCUT2D eigenvalue weighted by atomic mass is 9.98. The molecule has 0 aromatic rings. The van der Waals surface area contributed by atoms with Crippen molar-refractivity contribution in [3.63, 3.8) is 0 Å². The van der Waals surface area contributed by atoms with Crippen LogP contribution in [0, 0.1) is 0 Å². The zero-order chi connectivity index (χ0) is 107. The molecule has 7 rings (SSSR count). The average molecular weight is 2110 g/mol. The minimum absolute atomic E-state index is 0.148. The Morgan fingerprint density at radius 1 is 0.295 bits per heavy atom. The maximum Gasteiger partial charge on any atom is 0.308 e. The van der Waals surface area contributed by atoms with Crippen LogP contribution in [0.3, 0.4) is 0 Å². The SMILES string of the molecule is CC(O)CCCCCC1CCCCCCCCCCCC(O[C@@H]2O[C@H](CO)[C@@H](O)[C@H](O)[C@H]2O)CC(=O)OC[C@H]2O[C@H](OC(CCCCCC(C)O)CCCCCCCCCCCC(O[C@@H]3O[C@H](COC(=O)CC(CCCCCCCCCCCCCC(CCCCCC(C)O)O[C@@H]4O[C@H](CO)[C@@H](O)[C@H](O)[C@H]4O)O[C@@H]4O[C@H](CO)[C@@H](O)[C@H](O)[C@H]4O)[C@@H](O)[C@H](O)[C@H]3O)CC(=O)OC[C@H]3OC(O1)[C@H](O)[C@@H](O)[C@@H]3O)[C@H](O)[C@@H](O)[C@@H]2O. The third kappa shape index (κ3) is 47.2. The summed E-state index contributed by atoms with van der Waals surface area (Å²) in [6.45, 7) is 1.25. The number of fused-ring (bicyclic) bond motifs is 4. The number of aliphatic hydroxyl groups is 24. The van der Waals surface area contributed by atoms with Gasteiger partial charge in [-0.1, -0.05) is 244 Å². The quantitative estimate of drug-likeness (QED) is 0.0235. The van der Waals surface area contributed by atoms with E-state index in [2.05, 4.69) is 0 Å². The van der Waals surface area contributed by atoms with Crippen molar-refractivity contribution < 1.29 is 208 Å². The van der Waals surface area contributed by atoms with Crippen molar-refractivity contribution in [2.24, 2.45) is 0 Å². The van der Waals surface area contributed by atoms with Crippen LogP contribution in [-0.2, 0) is 85.4 Å². The highest BCUT2D eigenvalue weighted by Crippen LogP contribution is 2.36. The number of unbranched alkanes of at least 4 members (excludes halogenated alkanes) is 16. The molecule has 0 aromatic heterocycles. The minimum atomic E-state index is -1.95. The highest BCUT2D eigenvalue weighted by molar-refractivity contribution is 5.70. The average Bonchev–Trinajstić information content (AvgIpc) is 0.751. The first-order valence-electron chi connectivity index (χ1n) is 55.5. The molecule has 7 heterocycles. The molecule has 0 saturated carbocycles. The van der Waals surface area contributed by atoms with Gasteiger partial charge in [-0.05, 0) is 97.8 Å². The summed E-state index contributed by atoms with van der Waals surface area (Å²) in [4.78, 5) is 42.0. The number of carbonyl (C=O) groups excluding carboxylic acids is 3. The van der Waals surface area contributed by atoms with Crippen LogP contribution in [0.5, 0.6) is 0 Å². The Hall–Kier alpha value is -3.03. The van der Waals surface area contributed by atoms with E-state index in [-0.39, 0.29) is 25.4 Å². The molecule has 0 spiro atoms. The van der Waals surface area contributed by atoms with Crippen molar-refractivity contribution in [1.29, 1.82) is 0 Å². The van der Waals surface area contributed by atoms with E-state index in [1.54, 1.807) is 20.8 Å². The topological polar surface area (TPSA) is 675 Å². The van der Waals surface area contributed by atoms with Crippen molar-refractivity contribution in [2.75, 3.05) is 39.6 Å². The van der Waals surface area contributed by atoms with Gasteiger partial charge in [-0.25, -0.2) is 0 Å². The van der Waals surface area contributed by atoms with Crippen LogP contribution < -0.4 is 0 Å². The Bertz CT molecular complexity index is 3320. The van der Waals surface area contributed by atoms with Crippen molar-refractivity contribution in [3.05, 3.63) is 0 Å². The normalized spacial score (nSPS) is 37.1. The van der Waals surface area contributed by atoms with E-state index < -0.39 is 310 Å². The fourth-order valence-electron chi connectivity index (χ4n) is 20.2. The molecule has 146 heavy (non-hydrogen) atoms. The molecule has 24 N–H and O–H groups in total. The first-order valence-corrected chi connectivity index (χ1v) is 55.5. The number of hydrogen-bond acceptors (Lipinski definition) is 42. The molecule has 0 aromatic carbocycles. The third-order valence-corrected chi connectivity index (χ3v) is 29.5. The van der Waals surface area contributed by atoms with E-state index in [0.29, 0.717) is 122 Å². The number of hydrogen-bond donors (Lipinski definition) is 24. The molecule has 7 aliphatic rings. The molecule has 42 nitrogen and oxygen atoms in total. The van der Waals surface area contributed by atoms with Crippen LogP contribution in [0.25, 0.3) is 0 Å². The number of rotatable bonds is 47. The standard InChI is InChI=1S/C104H190O42/c1-63(108)42-30-27-39-48-66(135-99-93(126)87(120)81(114)72(57-105)141-99)45-33-21-15-9-5-4-6-10-18-24-36-51-70(139-103-95(128)89(122)83(116)74(59-107)143-103)55-79(112)134-62-77-86(119)92(125)98(131)104(146-77)140-71-53-38-26-20-14-8-12-17-23-35-46-67(49-40-28-31-43-64(2)109)136-100-96(129)90(123)84(117)75(144-100)60-132-78(111)54-69(138-102-94(127)88(121)82(115)73(58-106)142-102)52-37-25-19-13-7-11-16-22-34-47-68(50-41-29-32-44-65(3)110)137-101-97(130)91(124)85(118)76(145-101)61-133-80(113)56-71/h63-77,81-110,114-131H,4-62H2,1-3H3/t63?,64?,65?,66?,67?,68?,69?,70?,71?,72-,73-,74-,75-,76-,77-,81-,82-,83-,84-,85-,86-,87+,88+,89+,90+,91+,92+,93-,94-,95-,96-,97-,98-,99-,100+,101?,102-,103-,104-/m1/s1. The Balaban J connectivity index is 0.977. The number of cyclic esters (lactones) is 2. The second-order valence-corrected chi connectivity index (χ2v) is 42.3. The van der Waals surface area contributed by atoms with Crippen LogP contribution in [0.2, 0.25) is 0 Å². The van der Waals surface area contributed by atoms with E-state index in [0.717, 1.165) is 180 Å². The number of esters is 3. The van der Waals surface area contributed by atoms with Crippen LogP contribution in [-0.4, -0.2) is 419 Å². The van der Waals surface area contributed by atoms with Crippen LogP contribution in [0.4, 0.5) is 0 Å². The smallest absolute Gasteiger partial charge is 0.308 e. The summed E-state index contributed by atoms with van der Waals surface area (Å²) < 4.78 is 90.2. The Morgan fingerprint density at radius 2 is 0.568 bits per heavy atom. The van der Waals surface area contributed by atoms with E-state index in [9.17, 15) is 137 Å². The van der Waals surface area contributed by atoms with Crippen LogP contribution >= 0.6 is 0 Å². The van der Waals surface area contributed by atoms with Gasteiger partial charge in [0.1, 0.15) is 166 Å². The van der Waals surface area contributed by atoms with Gasteiger partial charge in [0.05, 0.1) is 94.0 Å². The molecule has 858 valence electrons. The predicted molar refractivity (Wildman–Crippen MR) is 523 cm³/mol. The summed E-state index contributed by atoms with van der Waals surface area (Å²) in [6, 6.07) is 0. The van der Waals surface area contributed by atoms with Gasteiger partial charge in [-0.3, -0.25) is 14.4 Å². The van der Waals surface area contributed by atoms with Crippen LogP contribution in [0.1, 0.15) is 361 Å². The molecule has 7 saturated heterocycles. The molecule has 7 aliphatic heterocycles. The first kappa shape index (κ1) is 130. The van der Waals surface area contributed by atoms with Gasteiger partial charge >= 0.3 is 17.9 Å². The largest absolute Gasteiger partial charge is 0.463 e. The second-order valence-electron chi connectivity index (χ2n) is 42.3. The zero-order valence-electron chi connectivity index (χ0n) is 86.8. The molecule has 0 radical (unpaired) electrons. The molecule has 0 amide bonds. The van der Waals surface area contributed by atoms with E-state index in [1.807, 2.05) is 0 Å². The van der Waals surface area contributed by atoms with Crippen molar-refractivity contribution in [2.45, 2.75) is 600 Å². The summed E-state index contributed by atoms with van der Waals surface area (Å²) in [5.41, 5.74) is 0. The Morgan fingerprint density at radius 3 is 0.918 bits per heavy atom. The van der Waals surface area contributed by atoms with Crippen LogP contribution in [0.15, 0.2) is 0 Å². The van der Waals surface area contributed by atoms with Gasteiger partial charge in [0.25, 0.3) is 0 Å².